The van der Waals surface area contributed by atoms with Gasteiger partial charge in [0.25, 0.3) is 0 Å². The number of hydrogen-bond donors (Lipinski definition) is 0. The average molecular weight is 356 g/mol. The molecule has 0 atom stereocenters. The lowest BCUT2D eigenvalue weighted by Gasteiger charge is -2.06. The molecular formula is C27H16O. The molecule has 0 unspecified atom stereocenters. The second kappa shape index (κ2) is 5.64. The molecule has 0 aliphatic heterocycles. The van der Waals surface area contributed by atoms with Gasteiger partial charge < -0.3 is 0 Å². The maximum atomic E-state index is 13.7. The molecule has 6 rings (SSSR count). The van der Waals surface area contributed by atoms with Crippen LogP contribution in [0.4, 0.5) is 0 Å². The first-order valence-corrected chi connectivity index (χ1v) is 9.51. The maximum absolute atomic E-state index is 13.7. The van der Waals surface area contributed by atoms with Crippen LogP contribution in [-0.2, 0) is 4.79 Å². The molecule has 0 heterocycles. The van der Waals surface area contributed by atoms with Gasteiger partial charge >= 0.3 is 0 Å². The van der Waals surface area contributed by atoms with E-state index in [2.05, 4.69) is 36.4 Å². The monoisotopic (exact) mass is 356 g/mol. The van der Waals surface area contributed by atoms with Crippen molar-refractivity contribution >= 4 is 39.9 Å². The summed E-state index contributed by atoms with van der Waals surface area (Å²) in [7, 11) is 0. The van der Waals surface area contributed by atoms with E-state index < -0.39 is 0 Å². The number of Topliss-reactive ketones (excluding diaryl/α,β-unsaturated/α-hetero) is 1. The molecule has 1 nitrogen and oxygen atoms in total. The fourth-order valence-corrected chi connectivity index (χ4v) is 4.60. The normalized spacial score (nSPS) is 14.2. The lowest BCUT2D eigenvalue weighted by molar-refractivity contribution is -0.108. The van der Waals surface area contributed by atoms with Gasteiger partial charge in [0.05, 0.1) is 0 Å². The molecule has 0 aromatic heterocycles. The first-order valence-electron chi connectivity index (χ1n) is 9.51. The largest absolute Gasteiger partial charge is 0.289 e. The Hall–Kier alpha value is -3.71. The molecule has 4 aromatic carbocycles. The molecule has 0 bridgehead atoms. The fraction of sp³-hybridized carbons (Fsp3) is 0. The molecule has 0 saturated carbocycles. The Balaban J connectivity index is 1.87. The van der Waals surface area contributed by atoms with Crippen LogP contribution in [0.1, 0.15) is 22.3 Å². The summed E-state index contributed by atoms with van der Waals surface area (Å²) in [5.41, 5.74) is 5.97. The third-order valence-corrected chi connectivity index (χ3v) is 5.76. The van der Waals surface area contributed by atoms with E-state index in [9.17, 15) is 4.79 Å². The van der Waals surface area contributed by atoms with E-state index in [4.69, 9.17) is 0 Å². The van der Waals surface area contributed by atoms with Gasteiger partial charge in [0.15, 0.2) is 5.78 Å². The number of ketones is 1. The topological polar surface area (TPSA) is 17.1 Å². The predicted molar refractivity (Wildman–Crippen MR) is 115 cm³/mol. The molecule has 2 aliphatic rings. The third kappa shape index (κ3) is 1.99. The van der Waals surface area contributed by atoms with Gasteiger partial charge in [-0.1, -0.05) is 91.0 Å². The Kier molecular flexibility index (Phi) is 3.09. The Morgan fingerprint density at radius 2 is 1.29 bits per heavy atom. The molecule has 2 aliphatic carbocycles. The molecule has 0 N–H and O–H groups in total. The molecule has 0 saturated heterocycles. The molecule has 28 heavy (non-hydrogen) atoms. The van der Waals surface area contributed by atoms with E-state index in [1.807, 2.05) is 60.7 Å². The second-order valence-electron chi connectivity index (χ2n) is 7.30. The summed E-state index contributed by atoms with van der Waals surface area (Å²) in [6.45, 7) is 0. The van der Waals surface area contributed by atoms with Crippen LogP contribution >= 0.6 is 0 Å². The maximum Gasteiger partial charge on any atom is 0.195 e. The van der Waals surface area contributed by atoms with Gasteiger partial charge in [-0.3, -0.25) is 4.79 Å². The van der Waals surface area contributed by atoms with E-state index in [1.165, 1.54) is 21.9 Å². The lowest BCUT2D eigenvalue weighted by atomic mass is 9.96. The molecule has 0 fully saturated rings. The van der Waals surface area contributed by atoms with Crippen molar-refractivity contribution in [3.8, 4) is 0 Å². The van der Waals surface area contributed by atoms with Crippen LogP contribution in [0.25, 0.3) is 34.1 Å². The summed E-state index contributed by atoms with van der Waals surface area (Å²) in [6, 6.07) is 28.7. The van der Waals surface area contributed by atoms with Gasteiger partial charge in [0.2, 0.25) is 0 Å². The molecule has 4 aromatic rings. The zero-order chi connectivity index (χ0) is 18.7. The number of carbonyl (C=O) groups is 1. The van der Waals surface area contributed by atoms with Gasteiger partial charge in [-0.25, -0.2) is 0 Å². The average Bonchev–Trinajstić information content (AvgIpc) is 3.29. The highest BCUT2D eigenvalue weighted by atomic mass is 16.1. The standard InChI is InChI=1S/C27H16O/c28-27-24(17-8-3-1-4-9-17)22-16-20-13-7-12-19-14-15-21(23(19)20)26(22)25(27)18-10-5-2-6-11-18/h1-16H. The predicted octanol–water partition coefficient (Wildman–Crippen LogP) is 4.30. The highest BCUT2D eigenvalue weighted by Gasteiger charge is 2.28. The van der Waals surface area contributed by atoms with Crippen molar-refractivity contribution < 1.29 is 4.79 Å². The minimum absolute atomic E-state index is 0.112. The highest BCUT2D eigenvalue weighted by Crippen LogP contribution is 2.31. The highest BCUT2D eigenvalue weighted by molar-refractivity contribution is 6.44. The summed E-state index contributed by atoms with van der Waals surface area (Å²) >= 11 is 0. The fourth-order valence-electron chi connectivity index (χ4n) is 4.60. The van der Waals surface area contributed by atoms with Crippen molar-refractivity contribution in [2.75, 3.05) is 0 Å². The zero-order valence-electron chi connectivity index (χ0n) is 15.1. The van der Waals surface area contributed by atoms with Crippen LogP contribution in [0.3, 0.4) is 0 Å². The van der Waals surface area contributed by atoms with E-state index in [1.54, 1.807) is 0 Å². The molecule has 130 valence electrons. The van der Waals surface area contributed by atoms with Crippen LogP contribution in [0, 0.1) is 0 Å². The molecule has 0 amide bonds. The molecule has 0 radical (unpaired) electrons. The van der Waals surface area contributed by atoms with Crippen LogP contribution < -0.4 is 10.4 Å². The van der Waals surface area contributed by atoms with Gasteiger partial charge in [-0.2, -0.15) is 0 Å². The van der Waals surface area contributed by atoms with Crippen molar-refractivity contribution in [2.24, 2.45) is 0 Å². The van der Waals surface area contributed by atoms with Crippen LogP contribution in [0.5, 0.6) is 0 Å². The molecule has 1 heteroatoms. The zero-order valence-corrected chi connectivity index (χ0v) is 15.1. The van der Waals surface area contributed by atoms with E-state index in [-0.39, 0.29) is 5.78 Å². The van der Waals surface area contributed by atoms with Crippen LogP contribution in [-0.4, -0.2) is 5.78 Å². The van der Waals surface area contributed by atoms with Gasteiger partial charge in [-0.15, -0.1) is 0 Å². The summed E-state index contributed by atoms with van der Waals surface area (Å²) < 4.78 is 0. The summed E-state index contributed by atoms with van der Waals surface area (Å²) in [5, 5.41) is 4.55. The van der Waals surface area contributed by atoms with Crippen molar-refractivity contribution in [3.05, 3.63) is 118 Å². The SMILES string of the molecule is O=C1C(c2ccccc2)=c2cc3cccc4c3c(c2=C1c1ccccc1)C=C4. The van der Waals surface area contributed by atoms with E-state index >= 15 is 0 Å². The van der Waals surface area contributed by atoms with Crippen molar-refractivity contribution in [3.63, 3.8) is 0 Å². The van der Waals surface area contributed by atoms with E-state index in [0.717, 1.165) is 32.7 Å². The van der Waals surface area contributed by atoms with E-state index in [0.29, 0.717) is 0 Å². The lowest BCUT2D eigenvalue weighted by Crippen LogP contribution is -2.27. The number of fused-ring (bicyclic) bond motifs is 2. The minimum atomic E-state index is 0.112. The summed E-state index contributed by atoms with van der Waals surface area (Å²) in [6.07, 6.45) is 4.33. The van der Waals surface area contributed by atoms with Crippen molar-refractivity contribution in [1.82, 2.24) is 0 Å². The number of carbonyl (C=O) groups excluding carboxylic acids is 1. The Labute approximate surface area is 162 Å². The Morgan fingerprint density at radius 3 is 2.00 bits per heavy atom. The third-order valence-electron chi connectivity index (χ3n) is 5.76. The minimum Gasteiger partial charge on any atom is -0.289 e. The van der Waals surface area contributed by atoms with Gasteiger partial charge in [0.1, 0.15) is 0 Å². The van der Waals surface area contributed by atoms with Crippen molar-refractivity contribution in [2.45, 2.75) is 0 Å². The first-order chi connectivity index (χ1) is 13.8. The van der Waals surface area contributed by atoms with Gasteiger partial charge in [-0.05, 0) is 44.3 Å². The second-order valence-corrected chi connectivity index (χ2v) is 7.30. The first kappa shape index (κ1) is 15.4. The quantitative estimate of drug-likeness (QED) is 0.461. The summed E-state index contributed by atoms with van der Waals surface area (Å²) in [4.78, 5) is 13.7. The number of benzene rings is 4. The van der Waals surface area contributed by atoms with Crippen molar-refractivity contribution in [1.29, 1.82) is 0 Å². The van der Waals surface area contributed by atoms with Crippen LogP contribution in [0.2, 0.25) is 0 Å². The van der Waals surface area contributed by atoms with Crippen LogP contribution in [0.15, 0.2) is 84.9 Å². The Morgan fingerprint density at radius 1 is 0.607 bits per heavy atom. The molecular weight excluding hydrogens is 340 g/mol. The van der Waals surface area contributed by atoms with Gasteiger partial charge in [0, 0.05) is 16.4 Å². The smallest absolute Gasteiger partial charge is 0.195 e. The Bertz CT molecular complexity index is 1440. The number of hydrogen-bond acceptors (Lipinski definition) is 1. The summed E-state index contributed by atoms with van der Waals surface area (Å²) in [5.74, 6) is 0.112. The number of rotatable bonds is 2. The molecule has 0 spiro atoms.